The van der Waals surface area contributed by atoms with Crippen LogP contribution in [0.5, 0.6) is 0 Å². The van der Waals surface area contributed by atoms with E-state index >= 15 is 0 Å². The molecule has 2 aromatic rings. The topological polar surface area (TPSA) is 24.7 Å². The van der Waals surface area contributed by atoms with Crippen molar-refractivity contribution < 1.29 is 8.78 Å². The van der Waals surface area contributed by atoms with Crippen LogP contribution in [-0.4, -0.2) is 11.4 Å². The van der Waals surface area contributed by atoms with E-state index < -0.39 is 0 Å². The highest BCUT2D eigenvalue weighted by Crippen LogP contribution is 2.15. The third-order valence-corrected chi connectivity index (χ3v) is 3.70. The molecule has 0 fully saturated rings. The van der Waals surface area contributed by atoms with Gasteiger partial charge in [0.1, 0.15) is 11.6 Å². The summed E-state index contributed by atoms with van der Waals surface area (Å²) < 4.78 is 26.5. The molecular weight excluding hydrogens is 294 g/mol. The van der Waals surface area contributed by atoms with Gasteiger partial charge in [-0.3, -0.25) is 0 Å². The normalized spacial score (nSPS) is 14.2. The van der Waals surface area contributed by atoms with Gasteiger partial charge in [0.05, 0.1) is 11.4 Å². The second-order valence-electron chi connectivity index (χ2n) is 5.58. The quantitative estimate of drug-likeness (QED) is 0.780. The molecule has 0 radical (unpaired) electrons. The lowest BCUT2D eigenvalue weighted by Gasteiger charge is -2.01. The summed E-state index contributed by atoms with van der Waals surface area (Å²) in [7, 11) is 0. The average molecular weight is 310 g/mol. The molecule has 0 spiro atoms. The molecular formula is C19H16F2N2. The molecule has 23 heavy (non-hydrogen) atoms. The minimum Gasteiger partial charge on any atom is -0.207 e. The van der Waals surface area contributed by atoms with Crippen LogP contribution in [0.4, 0.5) is 8.78 Å². The monoisotopic (exact) mass is 310 g/mol. The van der Waals surface area contributed by atoms with Crippen molar-refractivity contribution in [3.63, 3.8) is 0 Å². The first-order valence-corrected chi connectivity index (χ1v) is 7.41. The molecule has 4 heteroatoms. The lowest BCUT2D eigenvalue weighted by Crippen LogP contribution is -2.04. The maximum Gasteiger partial charge on any atom is 0.123 e. The number of nitrogens with zero attached hydrogens (tertiary/aromatic N) is 2. The Morgan fingerprint density at radius 1 is 1.00 bits per heavy atom. The third kappa shape index (κ3) is 3.97. The molecule has 0 saturated heterocycles. The highest BCUT2D eigenvalue weighted by atomic mass is 19.1. The maximum absolute atomic E-state index is 13.3. The molecule has 1 aliphatic rings. The lowest BCUT2D eigenvalue weighted by atomic mass is 10.0. The van der Waals surface area contributed by atoms with Crippen LogP contribution in [0.3, 0.4) is 0 Å². The van der Waals surface area contributed by atoms with E-state index in [1.807, 2.05) is 25.1 Å². The Balaban J connectivity index is 1.63. The first kappa shape index (κ1) is 15.3. The van der Waals surface area contributed by atoms with Crippen LogP contribution in [0.15, 0.2) is 58.7 Å². The van der Waals surface area contributed by atoms with Gasteiger partial charge in [0.15, 0.2) is 0 Å². The number of halogens is 2. The van der Waals surface area contributed by atoms with Crippen molar-refractivity contribution in [2.45, 2.75) is 19.8 Å². The largest absolute Gasteiger partial charge is 0.207 e. The van der Waals surface area contributed by atoms with Crippen LogP contribution in [0.1, 0.15) is 23.1 Å². The molecule has 0 bridgehead atoms. The van der Waals surface area contributed by atoms with Gasteiger partial charge in [-0.2, -0.15) is 10.2 Å². The first-order valence-electron chi connectivity index (χ1n) is 7.41. The summed E-state index contributed by atoms with van der Waals surface area (Å²) in [6.45, 7) is 1.93. The van der Waals surface area contributed by atoms with E-state index in [0.717, 1.165) is 28.1 Å². The number of rotatable bonds is 4. The fraction of sp³-hybridized carbons (Fsp3) is 0.158. The summed E-state index contributed by atoms with van der Waals surface area (Å²) in [5, 5.41) is 8.28. The van der Waals surface area contributed by atoms with Gasteiger partial charge < -0.3 is 0 Å². The number of hydrogen-bond acceptors (Lipinski definition) is 2. The maximum atomic E-state index is 13.3. The van der Waals surface area contributed by atoms with Crippen molar-refractivity contribution >= 4 is 17.5 Å². The Morgan fingerprint density at radius 2 is 1.83 bits per heavy atom. The van der Waals surface area contributed by atoms with Gasteiger partial charge in [-0.15, -0.1) is 0 Å². The lowest BCUT2D eigenvalue weighted by molar-refractivity contribution is 0.626. The van der Waals surface area contributed by atoms with Gasteiger partial charge in [-0.25, -0.2) is 8.78 Å². The van der Waals surface area contributed by atoms with Crippen LogP contribution in [-0.2, 0) is 6.42 Å². The Kier molecular flexibility index (Phi) is 4.42. The van der Waals surface area contributed by atoms with Crippen molar-refractivity contribution in [2.24, 2.45) is 10.2 Å². The van der Waals surface area contributed by atoms with Gasteiger partial charge in [0.25, 0.3) is 0 Å². The van der Waals surface area contributed by atoms with E-state index in [1.165, 1.54) is 24.3 Å². The molecule has 0 atom stereocenters. The Morgan fingerprint density at radius 3 is 2.65 bits per heavy atom. The highest BCUT2D eigenvalue weighted by Gasteiger charge is 2.11. The van der Waals surface area contributed by atoms with E-state index in [2.05, 4.69) is 10.2 Å². The fourth-order valence-electron chi connectivity index (χ4n) is 2.46. The minimum absolute atomic E-state index is 0.247. The van der Waals surface area contributed by atoms with Crippen LogP contribution < -0.4 is 0 Å². The Labute approximate surface area is 133 Å². The molecule has 3 rings (SSSR count). The zero-order valence-electron chi connectivity index (χ0n) is 12.8. The molecule has 2 nitrogen and oxygen atoms in total. The summed E-state index contributed by atoms with van der Waals surface area (Å²) in [5.74, 6) is -0.504. The van der Waals surface area contributed by atoms with Gasteiger partial charge in [0, 0.05) is 12.8 Å². The van der Waals surface area contributed by atoms with Crippen molar-refractivity contribution in [3.05, 3.63) is 76.9 Å². The number of hydrogen-bond donors (Lipinski definition) is 0. The van der Waals surface area contributed by atoms with E-state index in [0.29, 0.717) is 12.8 Å². The summed E-state index contributed by atoms with van der Waals surface area (Å²) in [4.78, 5) is 0. The average Bonchev–Trinajstić information content (AvgIpc) is 2.96. The Bertz CT molecular complexity index is 820. The predicted molar refractivity (Wildman–Crippen MR) is 89.8 cm³/mol. The van der Waals surface area contributed by atoms with Crippen molar-refractivity contribution in [3.8, 4) is 0 Å². The molecule has 0 unspecified atom stereocenters. The minimum atomic E-state index is -0.258. The standard InChI is InChI=1S/C19H16F2N2/c1-13-5-7-17(21)11-15(13)6-8-18-12-19(23-22-18)10-14-3-2-4-16(20)9-14/h2-9,11H,10,12H2,1H3/b8-6+. The second kappa shape index (κ2) is 6.65. The summed E-state index contributed by atoms with van der Waals surface area (Å²) in [6, 6.07) is 11.2. The van der Waals surface area contributed by atoms with Crippen LogP contribution in [0.2, 0.25) is 0 Å². The van der Waals surface area contributed by atoms with Crippen LogP contribution >= 0.6 is 0 Å². The molecule has 1 heterocycles. The smallest absolute Gasteiger partial charge is 0.123 e. The Hall–Kier alpha value is -2.62. The molecule has 0 amide bonds. The third-order valence-electron chi connectivity index (χ3n) is 3.70. The number of aryl methyl sites for hydroxylation is 1. The first-order chi connectivity index (χ1) is 11.1. The highest BCUT2D eigenvalue weighted by molar-refractivity contribution is 6.14. The van der Waals surface area contributed by atoms with E-state index in [-0.39, 0.29) is 11.6 Å². The van der Waals surface area contributed by atoms with Crippen molar-refractivity contribution in [1.29, 1.82) is 0 Å². The van der Waals surface area contributed by atoms with Crippen LogP contribution in [0.25, 0.3) is 6.08 Å². The predicted octanol–water partition coefficient (Wildman–Crippen LogP) is 4.73. The van der Waals surface area contributed by atoms with Gasteiger partial charge in [0.2, 0.25) is 0 Å². The molecule has 116 valence electrons. The fourth-order valence-corrected chi connectivity index (χ4v) is 2.46. The molecule has 0 saturated carbocycles. The zero-order chi connectivity index (χ0) is 16.2. The molecule has 1 aliphatic heterocycles. The number of benzene rings is 2. The SMILES string of the molecule is Cc1ccc(F)cc1/C=C/C1=NN=C(Cc2cccc(F)c2)C1. The second-order valence-corrected chi connectivity index (χ2v) is 5.58. The molecule has 0 aromatic heterocycles. The molecule has 0 aliphatic carbocycles. The van der Waals surface area contributed by atoms with Gasteiger partial charge in [-0.05, 0) is 54.0 Å². The van der Waals surface area contributed by atoms with E-state index in [4.69, 9.17) is 0 Å². The summed E-state index contributed by atoms with van der Waals surface area (Å²) in [6.07, 6.45) is 4.90. The summed E-state index contributed by atoms with van der Waals surface area (Å²) in [5.41, 5.74) is 4.42. The van der Waals surface area contributed by atoms with E-state index in [1.54, 1.807) is 12.1 Å². The van der Waals surface area contributed by atoms with Crippen LogP contribution in [0, 0.1) is 18.6 Å². The molecule has 0 N–H and O–H groups in total. The van der Waals surface area contributed by atoms with E-state index in [9.17, 15) is 8.78 Å². The van der Waals surface area contributed by atoms with Gasteiger partial charge in [-0.1, -0.05) is 24.3 Å². The van der Waals surface area contributed by atoms with Gasteiger partial charge >= 0.3 is 0 Å². The van der Waals surface area contributed by atoms with Crippen molar-refractivity contribution in [2.75, 3.05) is 0 Å². The number of allylic oxidation sites excluding steroid dienone is 1. The van der Waals surface area contributed by atoms with Crippen molar-refractivity contribution in [1.82, 2.24) is 0 Å². The molecule has 2 aromatic carbocycles. The zero-order valence-corrected chi connectivity index (χ0v) is 12.8. The summed E-state index contributed by atoms with van der Waals surface area (Å²) >= 11 is 0.